The van der Waals surface area contributed by atoms with Crippen LogP contribution in [0, 0.1) is 18.8 Å². The minimum Gasteiger partial charge on any atom is -0.399 e. The molecule has 0 saturated carbocycles. The molecule has 0 unspecified atom stereocenters. The maximum atomic E-state index is 11.6. The van der Waals surface area contributed by atoms with Crippen molar-refractivity contribution in [1.82, 2.24) is 5.32 Å². The third-order valence-corrected chi connectivity index (χ3v) is 7.10. The molecule has 2 aromatic rings. The first kappa shape index (κ1) is 21.9. The second kappa shape index (κ2) is 8.12. The maximum absolute atomic E-state index is 11.6. The van der Waals surface area contributed by atoms with Crippen molar-refractivity contribution in [3.8, 4) is 23.0 Å². The molecule has 2 aromatic carbocycles. The van der Waals surface area contributed by atoms with Gasteiger partial charge in [-0.25, -0.2) is 0 Å². The van der Waals surface area contributed by atoms with E-state index in [2.05, 4.69) is 17.2 Å². The summed E-state index contributed by atoms with van der Waals surface area (Å²) in [5, 5.41) is -1.35. The van der Waals surface area contributed by atoms with E-state index in [0.717, 1.165) is 16.7 Å². The first-order chi connectivity index (χ1) is 13.9. The predicted octanol–water partition coefficient (Wildman–Crippen LogP) is 1.94. The number of anilines is 1. The average molecular weight is 449 g/mol. The first-order valence-corrected chi connectivity index (χ1v) is 11.8. The van der Waals surface area contributed by atoms with Crippen LogP contribution in [0.25, 0.3) is 11.1 Å². The number of aryl methyl sites for hydroxylation is 1. The van der Waals surface area contributed by atoms with Crippen molar-refractivity contribution >= 4 is 25.9 Å². The van der Waals surface area contributed by atoms with Gasteiger partial charge in [-0.2, -0.15) is 16.8 Å². The van der Waals surface area contributed by atoms with Crippen LogP contribution in [0.5, 0.6) is 0 Å². The molecule has 1 aliphatic heterocycles. The largest absolute Gasteiger partial charge is 0.399 e. The molecule has 0 radical (unpaired) electrons. The molecule has 158 valence electrons. The molecule has 1 aliphatic rings. The highest BCUT2D eigenvalue weighted by molar-refractivity contribution is 7.90. The summed E-state index contributed by atoms with van der Waals surface area (Å²) in [6, 6.07) is 13.0. The zero-order valence-corrected chi connectivity index (χ0v) is 17.5. The molecule has 0 aromatic heterocycles. The number of nitrogens with one attached hydrogen (secondary N) is 1. The van der Waals surface area contributed by atoms with Crippen LogP contribution in [0.2, 0.25) is 0 Å². The van der Waals surface area contributed by atoms with Crippen LogP contribution in [0.3, 0.4) is 0 Å². The Kier molecular flexibility index (Phi) is 5.92. The third kappa shape index (κ3) is 5.01. The summed E-state index contributed by atoms with van der Waals surface area (Å²) in [5.74, 6) is 5.81. The minimum atomic E-state index is -4.76. The summed E-state index contributed by atoms with van der Waals surface area (Å²) in [7, 11) is -9.52. The lowest BCUT2D eigenvalue weighted by Gasteiger charge is -2.26. The molecule has 10 heteroatoms. The van der Waals surface area contributed by atoms with Gasteiger partial charge < -0.3 is 11.1 Å². The molecule has 8 nitrogen and oxygen atoms in total. The van der Waals surface area contributed by atoms with Crippen LogP contribution in [-0.4, -0.2) is 36.6 Å². The third-order valence-electron chi connectivity index (χ3n) is 4.61. The number of nitrogens with two attached hydrogens (primary N) is 1. The van der Waals surface area contributed by atoms with Crippen molar-refractivity contribution in [2.24, 2.45) is 0 Å². The lowest BCUT2D eigenvalue weighted by molar-refractivity contribution is 0.424. The van der Waals surface area contributed by atoms with E-state index >= 15 is 0 Å². The molecule has 1 heterocycles. The van der Waals surface area contributed by atoms with Crippen molar-refractivity contribution in [2.45, 2.75) is 24.0 Å². The van der Waals surface area contributed by atoms with Crippen LogP contribution >= 0.6 is 0 Å². The molecule has 0 fully saturated rings. The average Bonchev–Trinajstić information content (AvgIpc) is 2.65. The molecule has 0 spiro atoms. The van der Waals surface area contributed by atoms with Gasteiger partial charge in [0.1, 0.15) is 5.25 Å². The van der Waals surface area contributed by atoms with E-state index < -0.39 is 30.9 Å². The normalized spacial score (nSPS) is 19.2. The van der Waals surface area contributed by atoms with Crippen LogP contribution in [0.1, 0.15) is 17.5 Å². The van der Waals surface area contributed by atoms with Gasteiger partial charge in [0.15, 0.2) is 5.37 Å². The highest BCUT2D eigenvalue weighted by Gasteiger charge is 2.42. The summed E-state index contributed by atoms with van der Waals surface area (Å²) >= 11 is 0. The van der Waals surface area contributed by atoms with Crippen molar-refractivity contribution in [1.29, 1.82) is 0 Å². The molecule has 0 bridgehead atoms. The first-order valence-electron chi connectivity index (χ1n) is 8.81. The van der Waals surface area contributed by atoms with E-state index in [4.69, 9.17) is 5.73 Å². The van der Waals surface area contributed by atoms with Gasteiger partial charge in [-0.05, 0) is 41.8 Å². The SMILES string of the molecule is Cc1ccc(-c2cccc(N)c2)c(C#CC2=CN[C@H](S(=O)(=O)O)[C@H](S(=O)(=O)O)C2)c1. The Morgan fingerprint density at radius 3 is 2.40 bits per heavy atom. The molecule has 30 heavy (non-hydrogen) atoms. The molecule has 0 aliphatic carbocycles. The molecule has 3 rings (SSSR count). The number of allylic oxidation sites excluding steroid dienone is 1. The zero-order valence-electron chi connectivity index (χ0n) is 15.9. The van der Waals surface area contributed by atoms with E-state index in [0.29, 0.717) is 11.3 Å². The van der Waals surface area contributed by atoms with Gasteiger partial charge in [-0.15, -0.1) is 0 Å². The number of hydrogen-bond acceptors (Lipinski definition) is 6. The van der Waals surface area contributed by atoms with Gasteiger partial charge >= 0.3 is 0 Å². The molecule has 0 saturated heterocycles. The maximum Gasteiger partial charge on any atom is 0.287 e. The summed E-state index contributed by atoms with van der Waals surface area (Å²) in [5.41, 5.74) is 10.0. The Morgan fingerprint density at radius 1 is 1.03 bits per heavy atom. The summed E-state index contributed by atoms with van der Waals surface area (Å²) in [6.45, 7) is 1.90. The van der Waals surface area contributed by atoms with E-state index in [1.54, 1.807) is 6.07 Å². The Labute approximate surface area is 175 Å². The fraction of sp³-hybridized carbons (Fsp3) is 0.200. The quantitative estimate of drug-likeness (QED) is 0.316. The second-order valence-electron chi connectivity index (χ2n) is 6.95. The van der Waals surface area contributed by atoms with Crippen LogP contribution < -0.4 is 11.1 Å². The zero-order chi connectivity index (χ0) is 22.1. The lowest BCUT2D eigenvalue weighted by atomic mass is 9.97. The number of rotatable bonds is 3. The number of hydrogen-bond donors (Lipinski definition) is 4. The van der Waals surface area contributed by atoms with Crippen molar-refractivity contribution in [3.63, 3.8) is 0 Å². The summed E-state index contributed by atoms with van der Waals surface area (Å²) in [6.07, 6.45) is 0.853. The predicted molar refractivity (Wildman–Crippen MR) is 114 cm³/mol. The van der Waals surface area contributed by atoms with Gasteiger partial charge in [0.25, 0.3) is 20.2 Å². The van der Waals surface area contributed by atoms with Crippen molar-refractivity contribution in [3.05, 3.63) is 65.4 Å². The Hall–Kier alpha value is -2.84. The fourth-order valence-corrected chi connectivity index (χ4v) is 5.51. The number of benzene rings is 2. The molecule has 2 atom stereocenters. The van der Waals surface area contributed by atoms with Gasteiger partial charge in [-0.1, -0.05) is 36.1 Å². The summed E-state index contributed by atoms with van der Waals surface area (Å²) < 4.78 is 64.8. The molecular weight excluding hydrogens is 428 g/mol. The highest BCUT2D eigenvalue weighted by atomic mass is 32.2. The van der Waals surface area contributed by atoms with Crippen LogP contribution in [0.15, 0.2) is 54.2 Å². The lowest BCUT2D eigenvalue weighted by Crippen LogP contribution is -2.49. The van der Waals surface area contributed by atoms with Gasteiger partial charge in [0, 0.05) is 29.4 Å². The second-order valence-corrected chi connectivity index (χ2v) is 10.1. The van der Waals surface area contributed by atoms with E-state index in [1.165, 1.54) is 6.20 Å². The smallest absolute Gasteiger partial charge is 0.287 e. The fourth-order valence-electron chi connectivity index (χ4n) is 3.17. The van der Waals surface area contributed by atoms with Crippen LogP contribution in [0.4, 0.5) is 5.69 Å². The standard InChI is InChI=1S/C20H20N2O6S2/c1-13-5-8-18(15-3-2-4-17(21)11-15)16(9-13)7-6-14-10-19(29(23,24)25)20(22-12-14)30(26,27)28/h2-5,8-9,11-12,19-20,22H,10,21H2,1H3,(H,23,24,25)(H,26,27,28)/t19-,20-/m1/s1. The van der Waals surface area contributed by atoms with Crippen molar-refractivity contribution < 1.29 is 25.9 Å². The van der Waals surface area contributed by atoms with Gasteiger partial charge in [-0.3, -0.25) is 9.11 Å². The molecular formula is C20H20N2O6S2. The number of nitrogen functional groups attached to an aromatic ring is 1. The highest BCUT2D eigenvalue weighted by Crippen LogP contribution is 2.27. The monoisotopic (exact) mass is 448 g/mol. The minimum absolute atomic E-state index is 0.262. The summed E-state index contributed by atoms with van der Waals surface area (Å²) in [4.78, 5) is 0. The van der Waals surface area contributed by atoms with E-state index in [9.17, 15) is 25.9 Å². The van der Waals surface area contributed by atoms with Crippen LogP contribution in [-0.2, 0) is 20.2 Å². The van der Waals surface area contributed by atoms with E-state index in [1.807, 2.05) is 43.3 Å². The topological polar surface area (TPSA) is 147 Å². The Morgan fingerprint density at radius 2 is 1.77 bits per heavy atom. The van der Waals surface area contributed by atoms with Gasteiger partial charge in [0.2, 0.25) is 0 Å². The molecule has 5 N–H and O–H groups in total. The Balaban J connectivity index is 2.00. The van der Waals surface area contributed by atoms with Crippen molar-refractivity contribution in [2.75, 3.05) is 5.73 Å². The Bertz CT molecular complexity index is 1290. The van der Waals surface area contributed by atoms with Gasteiger partial charge in [0.05, 0.1) is 0 Å². The molecule has 0 amide bonds. The van der Waals surface area contributed by atoms with E-state index in [-0.39, 0.29) is 12.0 Å².